The maximum atomic E-state index is 4.52. The Morgan fingerprint density at radius 1 is 1.16 bits per heavy atom. The molecule has 2 aliphatic heterocycles. The van der Waals surface area contributed by atoms with Gasteiger partial charge >= 0.3 is 0 Å². The van der Waals surface area contributed by atoms with E-state index in [1.54, 1.807) is 5.51 Å². The molecule has 1 spiro atoms. The standard InChI is InChI=1S/C18H22N6S/c1-2-7-22-18(5-1)6-3-9-24(11-18)14-4-8-19-17-15(14)13(10-20-17)16-21-12-25-23-16/h4,8,10,12,22H,1-3,5-7,9,11H2,(H,19,20)/t18-/m0/s1. The quantitative estimate of drug-likeness (QED) is 0.740. The highest BCUT2D eigenvalue weighted by molar-refractivity contribution is 7.03. The van der Waals surface area contributed by atoms with Crippen LogP contribution in [0.15, 0.2) is 24.0 Å². The Labute approximate surface area is 150 Å². The number of nitrogens with zero attached hydrogens (tertiary/aromatic N) is 4. The number of rotatable bonds is 2. The lowest BCUT2D eigenvalue weighted by molar-refractivity contribution is 0.216. The first kappa shape index (κ1) is 15.3. The molecule has 0 radical (unpaired) electrons. The molecule has 2 saturated heterocycles. The number of nitrogens with one attached hydrogen (secondary N) is 2. The molecule has 6 nitrogen and oxygen atoms in total. The van der Waals surface area contributed by atoms with E-state index in [9.17, 15) is 0 Å². The van der Waals surface area contributed by atoms with Gasteiger partial charge in [0.05, 0.1) is 11.1 Å². The van der Waals surface area contributed by atoms with Crippen LogP contribution in [0.3, 0.4) is 0 Å². The molecular formula is C18H22N6S. The zero-order valence-electron chi connectivity index (χ0n) is 14.2. The summed E-state index contributed by atoms with van der Waals surface area (Å²) < 4.78 is 4.43. The topological polar surface area (TPSA) is 69.7 Å². The van der Waals surface area contributed by atoms with Crippen LogP contribution in [-0.2, 0) is 0 Å². The second-order valence-corrected chi connectivity index (χ2v) is 7.80. The third kappa shape index (κ3) is 2.62. The van der Waals surface area contributed by atoms with Gasteiger partial charge in [0.2, 0.25) is 0 Å². The van der Waals surface area contributed by atoms with E-state index >= 15 is 0 Å². The maximum Gasteiger partial charge on any atom is 0.175 e. The molecule has 0 unspecified atom stereocenters. The molecule has 0 bridgehead atoms. The van der Waals surface area contributed by atoms with Crippen molar-refractivity contribution in [2.75, 3.05) is 24.5 Å². The van der Waals surface area contributed by atoms with Gasteiger partial charge in [0, 0.05) is 36.6 Å². The van der Waals surface area contributed by atoms with Gasteiger partial charge in [-0.3, -0.25) is 0 Å². The molecule has 0 amide bonds. The predicted molar refractivity (Wildman–Crippen MR) is 101 cm³/mol. The van der Waals surface area contributed by atoms with Crippen molar-refractivity contribution in [3.63, 3.8) is 0 Å². The van der Waals surface area contributed by atoms with Crippen LogP contribution in [0.5, 0.6) is 0 Å². The number of aromatic amines is 1. The zero-order chi connectivity index (χ0) is 16.7. The van der Waals surface area contributed by atoms with Gasteiger partial charge < -0.3 is 15.2 Å². The molecule has 3 aromatic heterocycles. The second kappa shape index (κ2) is 6.07. The van der Waals surface area contributed by atoms with Crippen LogP contribution >= 0.6 is 11.5 Å². The molecule has 7 heteroatoms. The van der Waals surface area contributed by atoms with Crippen molar-refractivity contribution < 1.29 is 0 Å². The number of piperidine rings is 2. The molecule has 0 aromatic carbocycles. The fourth-order valence-corrected chi connectivity index (χ4v) is 4.92. The smallest absolute Gasteiger partial charge is 0.175 e. The predicted octanol–water partition coefficient (Wildman–Crippen LogP) is 3.19. The van der Waals surface area contributed by atoms with Crippen LogP contribution in [0.2, 0.25) is 0 Å². The first-order valence-corrected chi connectivity index (χ1v) is 9.91. The summed E-state index contributed by atoms with van der Waals surface area (Å²) >= 11 is 1.39. The fourth-order valence-electron chi connectivity index (χ4n) is 4.48. The summed E-state index contributed by atoms with van der Waals surface area (Å²) in [6, 6.07) is 2.15. The largest absolute Gasteiger partial charge is 0.369 e. The zero-order valence-corrected chi connectivity index (χ0v) is 15.0. The van der Waals surface area contributed by atoms with Gasteiger partial charge in [-0.2, -0.15) is 4.37 Å². The molecule has 2 aliphatic rings. The summed E-state index contributed by atoms with van der Waals surface area (Å²) in [4.78, 5) is 14.8. The van der Waals surface area contributed by atoms with E-state index in [1.165, 1.54) is 49.3 Å². The van der Waals surface area contributed by atoms with Crippen molar-refractivity contribution in [2.45, 2.75) is 37.6 Å². The molecule has 5 rings (SSSR count). The van der Waals surface area contributed by atoms with Crippen LogP contribution < -0.4 is 10.2 Å². The molecule has 0 saturated carbocycles. The number of hydrogen-bond acceptors (Lipinski definition) is 6. The molecule has 25 heavy (non-hydrogen) atoms. The highest BCUT2D eigenvalue weighted by Crippen LogP contribution is 2.37. The molecule has 5 heterocycles. The van der Waals surface area contributed by atoms with E-state index in [0.29, 0.717) is 0 Å². The van der Waals surface area contributed by atoms with E-state index in [1.807, 2.05) is 12.4 Å². The summed E-state index contributed by atoms with van der Waals surface area (Å²) in [7, 11) is 0. The van der Waals surface area contributed by atoms with Gasteiger partial charge in [0.25, 0.3) is 0 Å². The van der Waals surface area contributed by atoms with Crippen molar-refractivity contribution in [3.8, 4) is 11.4 Å². The number of H-pyrrole nitrogens is 1. The lowest BCUT2D eigenvalue weighted by Crippen LogP contribution is -2.59. The normalized spacial score (nSPS) is 24.2. The summed E-state index contributed by atoms with van der Waals surface area (Å²) in [5.41, 5.74) is 5.28. The van der Waals surface area contributed by atoms with Gasteiger partial charge in [0.15, 0.2) is 5.82 Å². The number of fused-ring (bicyclic) bond motifs is 1. The average Bonchev–Trinajstić information content (AvgIpc) is 3.31. The van der Waals surface area contributed by atoms with Crippen LogP contribution in [0.25, 0.3) is 22.4 Å². The average molecular weight is 354 g/mol. The summed E-state index contributed by atoms with van der Waals surface area (Å²) in [6.07, 6.45) is 10.3. The van der Waals surface area contributed by atoms with Gasteiger partial charge in [-0.1, -0.05) is 6.42 Å². The number of anilines is 1. The van der Waals surface area contributed by atoms with Gasteiger partial charge in [-0.15, -0.1) is 0 Å². The van der Waals surface area contributed by atoms with E-state index in [4.69, 9.17) is 0 Å². The Hall–Kier alpha value is -1.99. The molecular weight excluding hydrogens is 332 g/mol. The highest BCUT2D eigenvalue weighted by atomic mass is 32.1. The second-order valence-electron chi connectivity index (χ2n) is 7.20. The molecule has 3 aromatic rings. The number of hydrogen-bond donors (Lipinski definition) is 2. The van der Waals surface area contributed by atoms with Crippen molar-refractivity contribution >= 4 is 28.3 Å². The summed E-state index contributed by atoms with van der Waals surface area (Å²) in [5.74, 6) is 0.785. The third-order valence-electron chi connectivity index (χ3n) is 5.65. The lowest BCUT2D eigenvalue weighted by atomic mass is 9.81. The lowest BCUT2D eigenvalue weighted by Gasteiger charge is -2.47. The first-order valence-electron chi connectivity index (χ1n) is 9.08. The SMILES string of the molecule is c1cc(N2CCC[C@@]3(CCCCN3)C2)c2c(-c3ncsn3)c[nH]c2n1. The first-order chi connectivity index (χ1) is 12.3. The number of pyridine rings is 1. The summed E-state index contributed by atoms with van der Waals surface area (Å²) in [5, 5.41) is 4.98. The van der Waals surface area contributed by atoms with Crippen LogP contribution in [0.4, 0.5) is 5.69 Å². The Morgan fingerprint density at radius 2 is 2.12 bits per heavy atom. The van der Waals surface area contributed by atoms with E-state index in [0.717, 1.165) is 42.1 Å². The third-order valence-corrected chi connectivity index (χ3v) is 6.13. The van der Waals surface area contributed by atoms with E-state index in [2.05, 4.69) is 35.6 Å². The Balaban J connectivity index is 1.57. The minimum atomic E-state index is 0.279. The molecule has 130 valence electrons. The van der Waals surface area contributed by atoms with Crippen LogP contribution in [0, 0.1) is 0 Å². The number of aromatic nitrogens is 4. The van der Waals surface area contributed by atoms with Crippen molar-refractivity contribution in [2.24, 2.45) is 0 Å². The van der Waals surface area contributed by atoms with Gasteiger partial charge in [0.1, 0.15) is 11.2 Å². The van der Waals surface area contributed by atoms with E-state index in [-0.39, 0.29) is 5.54 Å². The van der Waals surface area contributed by atoms with Crippen LogP contribution in [-0.4, -0.2) is 44.5 Å². The molecule has 0 aliphatic carbocycles. The monoisotopic (exact) mass is 354 g/mol. The van der Waals surface area contributed by atoms with Crippen molar-refractivity contribution in [3.05, 3.63) is 24.0 Å². The Bertz CT molecular complexity index is 859. The molecule has 2 N–H and O–H groups in total. The summed E-state index contributed by atoms with van der Waals surface area (Å²) in [6.45, 7) is 3.32. The fraction of sp³-hybridized carbons (Fsp3) is 0.500. The minimum absolute atomic E-state index is 0.279. The van der Waals surface area contributed by atoms with Crippen LogP contribution in [0.1, 0.15) is 32.1 Å². The Kier molecular flexibility index (Phi) is 3.71. The molecule has 2 fully saturated rings. The van der Waals surface area contributed by atoms with Crippen molar-refractivity contribution in [1.29, 1.82) is 0 Å². The Morgan fingerprint density at radius 3 is 2.96 bits per heavy atom. The molecule has 1 atom stereocenters. The van der Waals surface area contributed by atoms with Crippen molar-refractivity contribution in [1.82, 2.24) is 24.6 Å². The van der Waals surface area contributed by atoms with Gasteiger partial charge in [-0.25, -0.2) is 9.97 Å². The minimum Gasteiger partial charge on any atom is -0.369 e. The highest BCUT2D eigenvalue weighted by Gasteiger charge is 2.37. The van der Waals surface area contributed by atoms with E-state index < -0.39 is 0 Å². The maximum absolute atomic E-state index is 4.52. The van der Waals surface area contributed by atoms with Gasteiger partial charge in [-0.05, 0) is 49.8 Å².